The number of carbonyl (C=O) groups excluding carboxylic acids is 4. The number of benzene rings is 2. The molecule has 0 spiro atoms. The molecule has 0 unspecified atom stereocenters. The molecule has 266 valence electrons. The van der Waals surface area contributed by atoms with Gasteiger partial charge in [0.05, 0.1) is 29.0 Å². The Balaban J connectivity index is 0.000000277. The molecular formula is C35H40N10O6. The van der Waals surface area contributed by atoms with Crippen LogP contribution in [0, 0.1) is 26.2 Å². The molecule has 0 atom stereocenters. The molecule has 5 N–H and O–H groups in total. The number of hydrogen-bond acceptors (Lipinski definition) is 12. The lowest BCUT2D eigenvalue weighted by atomic mass is 10.1. The number of aromatic nitrogens is 4. The van der Waals surface area contributed by atoms with Gasteiger partial charge < -0.3 is 9.84 Å². The van der Waals surface area contributed by atoms with Gasteiger partial charge in [-0.3, -0.25) is 40.4 Å². The highest BCUT2D eigenvalue weighted by Crippen LogP contribution is 2.22. The minimum absolute atomic E-state index is 0.0176. The Hall–Kier alpha value is -6.18. The van der Waals surface area contributed by atoms with Gasteiger partial charge in [-0.05, 0) is 62.1 Å². The third kappa shape index (κ3) is 13.0. The molecule has 2 heterocycles. The molecule has 0 saturated carbocycles. The summed E-state index contributed by atoms with van der Waals surface area (Å²) < 4.78 is 5.30. The lowest BCUT2D eigenvalue weighted by molar-refractivity contribution is -0.119. The highest BCUT2D eigenvalue weighted by molar-refractivity contribution is 6.05. The van der Waals surface area contributed by atoms with Crippen molar-refractivity contribution in [1.82, 2.24) is 41.2 Å². The molecule has 2 aromatic carbocycles. The van der Waals surface area contributed by atoms with Gasteiger partial charge >= 0.3 is 0 Å². The van der Waals surface area contributed by atoms with Crippen molar-refractivity contribution in [3.8, 4) is 12.3 Å². The van der Waals surface area contributed by atoms with E-state index in [1.807, 2.05) is 50.2 Å². The maximum Gasteiger partial charge on any atom is 0.253 e. The fraction of sp³-hybridized carbons (Fsp3) is 0.314. The van der Waals surface area contributed by atoms with Gasteiger partial charge in [0.15, 0.2) is 0 Å². The Bertz CT molecular complexity index is 2000. The first kappa shape index (κ1) is 39.3. The number of nitrogens with zero attached hydrogens (tertiary/aromatic N) is 6. The summed E-state index contributed by atoms with van der Waals surface area (Å²) in [7, 11) is 0. The van der Waals surface area contributed by atoms with Crippen LogP contribution in [0.5, 0.6) is 0 Å². The predicted octanol–water partition coefficient (Wildman–Crippen LogP) is 2.12. The molecule has 0 fully saturated rings. The normalized spacial score (nSPS) is 10.2. The monoisotopic (exact) mass is 696 g/mol. The zero-order valence-electron chi connectivity index (χ0n) is 29.2. The lowest BCUT2D eigenvalue weighted by Crippen LogP contribution is -2.42. The van der Waals surface area contributed by atoms with Crippen LogP contribution in [0.4, 0.5) is 11.9 Å². The average molecular weight is 697 g/mol. The van der Waals surface area contributed by atoms with E-state index in [9.17, 15) is 19.2 Å². The largest absolute Gasteiger partial charge is 0.396 e. The van der Waals surface area contributed by atoms with Gasteiger partial charge in [0.25, 0.3) is 11.9 Å². The van der Waals surface area contributed by atoms with Crippen molar-refractivity contribution in [2.75, 3.05) is 19.8 Å². The maximum absolute atomic E-state index is 11.3. The molecule has 0 saturated heterocycles. The number of aliphatic imine (C=N–C) groups is 2. The first-order valence-electron chi connectivity index (χ1n) is 15.7. The number of guanidine groups is 2. The van der Waals surface area contributed by atoms with Crippen molar-refractivity contribution >= 4 is 69.3 Å². The Morgan fingerprint density at radius 2 is 1.12 bits per heavy atom. The van der Waals surface area contributed by atoms with Crippen molar-refractivity contribution in [2.24, 2.45) is 9.98 Å². The minimum atomic E-state index is -0.367. The Kier molecular flexibility index (Phi) is 14.7. The Morgan fingerprint density at radius 1 is 0.706 bits per heavy atom. The first-order valence-corrected chi connectivity index (χ1v) is 15.7. The van der Waals surface area contributed by atoms with Gasteiger partial charge in [0, 0.05) is 45.1 Å². The SMILES string of the molecule is C#CCOCCc1ccc2nc(N=C(NC(C)=O)NC(C)=O)nc(C)c2c1.CC(=O)NC(=Nc1nc(C)c2cc(CCO)ccc2n1)NC(C)=O. The van der Waals surface area contributed by atoms with Crippen molar-refractivity contribution in [3.63, 3.8) is 0 Å². The zero-order valence-corrected chi connectivity index (χ0v) is 29.2. The number of aliphatic hydroxyl groups is 1. The van der Waals surface area contributed by atoms with Crippen molar-refractivity contribution in [1.29, 1.82) is 0 Å². The quantitative estimate of drug-likeness (QED) is 0.0781. The van der Waals surface area contributed by atoms with Crippen LogP contribution in [-0.4, -0.2) is 80.4 Å². The second kappa shape index (κ2) is 19.1. The van der Waals surface area contributed by atoms with Crippen LogP contribution in [0.1, 0.15) is 50.2 Å². The molecule has 0 radical (unpaired) electrons. The third-order valence-corrected chi connectivity index (χ3v) is 6.60. The second-order valence-electron chi connectivity index (χ2n) is 11.0. The molecule has 4 rings (SSSR count). The molecule has 4 amide bonds. The van der Waals surface area contributed by atoms with Crippen LogP contribution in [-0.2, 0) is 36.8 Å². The zero-order chi connectivity index (χ0) is 37.5. The number of terminal acetylenes is 1. The topological polar surface area (TPSA) is 222 Å². The summed E-state index contributed by atoms with van der Waals surface area (Å²) in [6.07, 6.45) is 6.44. The smallest absolute Gasteiger partial charge is 0.253 e. The summed E-state index contributed by atoms with van der Waals surface area (Å²) in [5, 5.41) is 20.5. The van der Waals surface area contributed by atoms with Gasteiger partial charge in [-0.1, -0.05) is 18.1 Å². The van der Waals surface area contributed by atoms with E-state index in [2.05, 4.69) is 57.1 Å². The fourth-order valence-corrected chi connectivity index (χ4v) is 4.53. The standard InChI is InChI=1S/C19H21N5O3.C16H19N5O3/c1-5-9-27-10-8-15-6-7-17-16(11-15)12(2)20-18(23-17)24-19(21-13(3)25)22-14(4)26;1-9-13-8-12(6-7-22)4-5-14(13)20-15(17-9)21-16(18-10(2)23)19-11(3)24/h1,6-7,11H,8-10H2,2-4H3,(H2,20,21,22,23,24,25,26);4-5,8,22H,6-7H2,1-3H3,(H2,17,18,19,20,21,23,24). The highest BCUT2D eigenvalue weighted by Gasteiger charge is 2.11. The Morgan fingerprint density at radius 3 is 1.49 bits per heavy atom. The highest BCUT2D eigenvalue weighted by atomic mass is 16.5. The lowest BCUT2D eigenvalue weighted by Gasteiger charge is -2.09. The molecule has 0 aliphatic rings. The number of carbonyl (C=O) groups is 4. The number of rotatable bonds is 8. The van der Waals surface area contributed by atoms with Gasteiger partial charge in [-0.2, -0.15) is 9.98 Å². The minimum Gasteiger partial charge on any atom is -0.396 e. The van der Waals surface area contributed by atoms with E-state index in [4.69, 9.17) is 16.3 Å². The van der Waals surface area contributed by atoms with E-state index >= 15 is 0 Å². The average Bonchev–Trinajstić information content (AvgIpc) is 3.03. The number of amides is 4. The van der Waals surface area contributed by atoms with E-state index in [1.54, 1.807) is 0 Å². The van der Waals surface area contributed by atoms with E-state index < -0.39 is 0 Å². The van der Waals surface area contributed by atoms with Crippen LogP contribution >= 0.6 is 0 Å². The summed E-state index contributed by atoms with van der Waals surface area (Å²) >= 11 is 0. The molecule has 0 aliphatic carbocycles. The number of nitrogens with one attached hydrogen (secondary N) is 4. The molecule has 4 aromatic rings. The van der Waals surface area contributed by atoms with E-state index in [1.165, 1.54) is 27.7 Å². The molecule has 0 aliphatic heterocycles. The Labute approximate surface area is 294 Å². The molecule has 16 heteroatoms. The van der Waals surface area contributed by atoms with Gasteiger partial charge in [-0.15, -0.1) is 6.42 Å². The maximum atomic E-state index is 11.3. The van der Waals surface area contributed by atoms with Crippen LogP contribution in [0.25, 0.3) is 21.8 Å². The van der Waals surface area contributed by atoms with Gasteiger partial charge in [-0.25, -0.2) is 19.9 Å². The predicted molar refractivity (Wildman–Crippen MR) is 192 cm³/mol. The second-order valence-corrected chi connectivity index (χ2v) is 11.0. The van der Waals surface area contributed by atoms with Crippen LogP contribution in [0.15, 0.2) is 46.4 Å². The van der Waals surface area contributed by atoms with Crippen LogP contribution in [0.2, 0.25) is 0 Å². The number of fused-ring (bicyclic) bond motifs is 2. The molecule has 16 nitrogen and oxygen atoms in total. The first-order chi connectivity index (χ1) is 24.3. The summed E-state index contributed by atoms with van der Waals surface area (Å²) in [5.41, 5.74) is 4.91. The van der Waals surface area contributed by atoms with Gasteiger partial charge in [0.1, 0.15) is 6.61 Å². The van der Waals surface area contributed by atoms with Crippen molar-refractivity contribution < 1.29 is 29.0 Å². The van der Waals surface area contributed by atoms with Crippen molar-refractivity contribution in [3.05, 3.63) is 58.9 Å². The van der Waals surface area contributed by atoms with Crippen molar-refractivity contribution in [2.45, 2.75) is 54.4 Å². The summed E-state index contributed by atoms with van der Waals surface area (Å²) in [6.45, 7) is 9.83. The van der Waals surface area contributed by atoms with Gasteiger partial charge in [0.2, 0.25) is 35.5 Å². The van der Waals surface area contributed by atoms with E-state index in [0.29, 0.717) is 36.4 Å². The number of hydrogen-bond donors (Lipinski definition) is 5. The summed E-state index contributed by atoms with van der Waals surface area (Å²) in [4.78, 5) is 70.5. The number of aliphatic hydroxyl groups excluding tert-OH is 1. The molecule has 0 bridgehead atoms. The summed E-state index contributed by atoms with van der Waals surface area (Å²) in [6, 6.07) is 11.4. The number of ether oxygens (including phenoxy) is 1. The van der Waals surface area contributed by atoms with Crippen LogP contribution in [0.3, 0.4) is 0 Å². The molecule has 51 heavy (non-hydrogen) atoms. The molecular weight excluding hydrogens is 656 g/mol. The van der Waals surface area contributed by atoms with E-state index in [-0.39, 0.29) is 54.1 Å². The third-order valence-electron chi connectivity index (χ3n) is 6.60. The fourth-order valence-electron chi connectivity index (χ4n) is 4.53. The number of aryl methyl sites for hydroxylation is 2. The van der Waals surface area contributed by atoms with Crippen LogP contribution < -0.4 is 21.3 Å². The molecule has 2 aromatic heterocycles. The summed E-state index contributed by atoms with van der Waals surface area (Å²) in [5.74, 6) is 1.20. The van der Waals surface area contributed by atoms with E-state index in [0.717, 1.165) is 34.0 Å².